The van der Waals surface area contributed by atoms with Crippen molar-refractivity contribution in [1.29, 1.82) is 5.26 Å². The highest BCUT2D eigenvalue weighted by molar-refractivity contribution is 5.49. The van der Waals surface area contributed by atoms with Crippen molar-refractivity contribution in [2.75, 3.05) is 5.32 Å². The second-order valence-electron chi connectivity index (χ2n) is 3.53. The van der Waals surface area contributed by atoms with Crippen LogP contribution in [0.25, 0.3) is 0 Å². The largest absolute Gasteiger partial charge is 0.381 e. The SMILES string of the molecule is N#Cc1cccc(NCc2ccccc2)c1. The Morgan fingerprint density at radius 3 is 2.56 bits per heavy atom. The van der Waals surface area contributed by atoms with Gasteiger partial charge in [-0.05, 0) is 23.8 Å². The van der Waals surface area contributed by atoms with Gasteiger partial charge in [0.25, 0.3) is 0 Å². The number of hydrogen-bond donors (Lipinski definition) is 1. The lowest BCUT2D eigenvalue weighted by molar-refractivity contribution is 1.15. The maximum atomic E-state index is 8.77. The minimum Gasteiger partial charge on any atom is -0.381 e. The molecule has 1 N–H and O–H groups in total. The van der Waals surface area contributed by atoms with Gasteiger partial charge in [-0.2, -0.15) is 5.26 Å². The van der Waals surface area contributed by atoms with Gasteiger partial charge in [0.15, 0.2) is 0 Å². The van der Waals surface area contributed by atoms with Crippen molar-refractivity contribution in [1.82, 2.24) is 0 Å². The number of nitriles is 1. The molecule has 0 radical (unpaired) electrons. The Labute approximate surface area is 95.2 Å². The lowest BCUT2D eigenvalue weighted by Gasteiger charge is -2.06. The van der Waals surface area contributed by atoms with Gasteiger partial charge in [-0.15, -0.1) is 0 Å². The monoisotopic (exact) mass is 208 g/mol. The molecule has 0 saturated carbocycles. The van der Waals surface area contributed by atoms with Gasteiger partial charge in [0.1, 0.15) is 0 Å². The fourth-order valence-corrected chi connectivity index (χ4v) is 1.50. The van der Waals surface area contributed by atoms with Gasteiger partial charge < -0.3 is 5.32 Å². The first-order valence-corrected chi connectivity index (χ1v) is 5.16. The van der Waals surface area contributed by atoms with Crippen LogP contribution in [0.2, 0.25) is 0 Å². The summed E-state index contributed by atoms with van der Waals surface area (Å²) in [5.41, 5.74) is 2.88. The van der Waals surface area contributed by atoms with Crippen LogP contribution in [0.1, 0.15) is 11.1 Å². The van der Waals surface area contributed by atoms with Gasteiger partial charge in [-0.3, -0.25) is 0 Å². The first-order valence-electron chi connectivity index (χ1n) is 5.16. The summed E-state index contributed by atoms with van der Waals surface area (Å²) in [6.45, 7) is 0.774. The normalized spacial score (nSPS) is 9.44. The van der Waals surface area contributed by atoms with Crippen LogP contribution in [-0.4, -0.2) is 0 Å². The van der Waals surface area contributed by atoms with Crippen molar-refractivity contribution in [2.24, 2.45) is 0 Å². The second kappa shape index (κ2) is 4.99. The van der Waals surface area contributed by atoms with E-state index in [2.05, 4.69) is 23.5 Å². The molecule has 0 aliphatic carbocycles. The highest BCUT2D eigenvalue weighted by Gasteiger charge is 1.95. The predicted molar refractivity (Wildman–Crippen MR) is 64.9 cm³/mol. The molecule has 0 heterocycles. The smallest absolute Gasteiger partial charge is 0.0992 e. The molecule has 2 aromatic carbocycles. The molecule has 0 atom stereocenters. The molecule has 0 saturated heterocycles. The average Bonchev–Trinajstić information content (AvgIpc) is 2.38. The van der Waals surface area contributed by atoms with Crippen molar-refractivity contribution >= 4 is 5.69 Å². The van der Waals surface area contributed by atoms with Crippen molar-refractivity contribution in [3.8, 4) is 6.07 Å². The standard InChI is InChI=1S/C14H12N2/c15-10-13-7-4-8-14(9-13)16-11-12-5-2-1-3-6-12/h1-9,16H,11H2. The Kier molecular flexibility index (Phi) is 3.20. The molecule has 16 heavy (non-hydrogen) atoms. The van der Waals surface area contributed by atoms with E-state index in [0.29, 0.717) is 5.56 Å². The van der Waals surface area contributed by atoms with E-state index in [4.69, 9.17) is 5.26 Å². The van der Waals surface area contributed by atoms with Crippen LogP contribution in [0.15, 0.2) is 54.6 Å². The van der Waals surface area contributed by atoms with Crippen LogP contribution in [0, 0.1) is 11.3 Å². The van der Waals surface area contributed by atoms with Crippen molar-refractivity contribution in [3.63, 3.8) is 0 Å². The third kappa shape index (κ3) is 2.61. The third-order valence-electron chi connectivity index (χ3n) is 2.33. The molecule has 0 amide bonds. The van der Waals surface area contributed by atoms with Crippen molar-refractivity contribution in [3.05, 3.63) is 65.7 Å². The summed E-state index contributed by atoms with van der Waals surface area (Å²) in [5, 5.41) is 12.1. The quantitative estimate of drug-likeness (QED) is 0.840. The first kappa shape index (κ1) is 10.3. The van der Waals surface area contributed by atoms with E-state index in [0.717, 1.165) is 12.2 Å². The minimum atomic E-state index is 0.679. The van der Waals surface area contributed by atoms with Gasteiger partial charge >= 0.3 is 0 Å². The molecule has 78 valence electrons. The molecular formula is C14H12N2. The number of nitrogens with zero attached hydrogens (tertiary/aromatic N) is 1. The van der Waals surface area contributed by atoms with E-state index in [-0.39, 0.29) is 0 Å². The zero-order valence-electron chi connectivity index (χ0n) is 8.85. The first-order chi connectivity index (χ1) is 7.88. The molecule has 0 fully saturated rings. The summed E-state index contributed by atoms with van der Waals surface area (Å²) in [5.74, 6) is 0. The topological polar surface area (TPSA) is 35.8 Å². The van der Waals surface area contributed by atoms with Crippen molar-refractivity contribution < 1.29 is 0 Å². The number of rotatable bonds is 3. The Morgan fingerprint density at radius 2 is 1.81 bits per heavy atom. The van der Waals surface area contributed by atoms with Crippen LogP contribution in [-0.2, 0) is 6.54 Å². The van der Waals surface area contributed by atoms with E-state index in [1.807, 2.05) is 36.4 Å². The number of anilines is 1. The summed E-state index contributed by atoms with van der Waals surface area (Å²) in [6, 6.07) is 19.8. The van der Waals surface area contributed by atoms with Gasteiger partial charge in [0.2, 0.25) is 0 Å². The fourth-order valence-electron chi connectivity index (χ4n) is 1.50. The van der Waals surface area contributed by atoms with Gasteiger partial charge in [-0.1, -0.05) is 36.4 Å². The van der Waals surface area contributed by atoms with Crippen LogP contribution in [0.3, 0.4) is 0 Å². The average molecular weight is 208 g/mol. The minimum absolute atomic E-state index is 0.679. The Morgan fingerprint density at radius 1 is 1.00 bits per heavy atom. The number of hydrogen-bond acceptors (Lipinski definition) is 2. The molecule has 2 rings (SSSR count). The molecule has 2 nitrogen and oxygen atoms in total. The highest BCUT2D eigenvalue weighted by Crippen LogP contribution is 2.11. The lowest BCUT2D eigenvalue weighted by atomic mass is 10.2. The van der Waals surface area contributed by atoms with E-state index in [1.54, 1.807) is 6.07 Å². The molecule has 0 aliphatic rings. The Bertz CT molecular complexity index is 498. The molecule has 0 unspecified atom stereocenters. The van der Waals surface area contributed by atoms with Gasteiger partial charge in [-0.25, -0.2) is 0 Å². The predicted octanol–water partition coefficient (Wildman–Crippen LogP) is 3.17. The van der Waals surface area contributed by atoms with Crippen LogP contribution in [0.5, 0.6) is 0 Å². The lowest BCUT2D eigenvalue weighted by Crippen LogP contribution is -1.98. The summed E-state index contributed by atoms with van der Waals surface area (Å²) in [7, 11) is 0. The van der Waals surface area contributed by atoms with E-state index < -0.39 is 0 Å². The number of nitrogens with one attached hydrogen (secondary N) is 1. The maximum absolute atomic E-state index is 8.77. The molecule has 0 bridgehead atoms. The van der Waals surface area contributed by atoms with E-state index >= 15 is 0 Å². The Balaban J connectivity index is 2.03. The zero-order chi connectivity index (χ0) is 11.2. The third-order valence-corrected chi connectivity index (χ3v) is 2.33. The molecule has 0 spiro atoms. The zero-order valence-corrected chi connectivity index (χ0v) is 8.85. The molecule has 2 aromatic rings. The highest BCUT2D eigenvalue weighted by atomic mass is 14.9. The second-order valence-corrected chi connectivity index (χ2v) is 3.53. The van der Waals surface area contributed by atoms with Gasteiger partial charge in [0, 0.05) is 12.2 Å². The fraction of sp³-hybridized carbons (Fsp3) is 0.0714. The maximum Gasteiger partial charge on any atom is 0.0992 e. The molecule has 0 aliphatic heterocycles. The molecular weight excluding hydrogens is 196 g/mol. The van der Waals surface area contributed by atoms with Crippen molar-refractivity contribution in [2.45, 2.75) is 6.54 Å². The summed E-state index contributed by atoms with van der Waals surface area (Å²) < 4.78 is 0. The summed E-state index contributed by atoms with van der Waals surface area (Å²) >= 11 is 0. The molecule has 2 heteroatoms. The van der Waals surface area contributed by atoms with Crippen LogP contribution >= 0.6 is 0 Å². The summed E-state index contributed by atoms with van der Waals surface area (Å²) in [6.07, 6.45) is 0. The van der Waals surface area contributed by atoms with Crippen LogP contribution in [0.4, 0.5) is 5.69 Å². The Hall–Kier alpha value is -2.27. The molecule has 0 aromatic heterocycles. The van der Waals surface area contributed by atoms with E-state index in [1.165, 1.54) is 5.56 Å². The summed E-state index contributed by atoms with van der Waals surface area (Å²) in [4.78, 5) is 0. The van der Waals surface area contributed by atoms with E-state index in [9.17, 15) is 0 Å². The number of benzene rings is 2. The van der Waals surface area contributed by atoms with Crippen LogP contribution < -0.4 is 5.32 Å². The van der Waals surface area contributed by atoms with Gasteiger partial charge in [0.05, 0.1) is 11.6 Å².